The van der Waals surface area contributed by atoms with Gasteiger partial charge in [0.2, 0.25) is 0 Å². The molecule has 8 aromatic rings. The lowest BCUT2D eigenvalue weighted by molar-refractivity contribution is -0.133. The minimum atomic E-state index is -0.743. The van der Waals surface area contributed by atoms with E-state index < -0.39 is 47.3 Å². The van der Waals surface area contributed by atoms with E-state index in [0.29, 0.717) is 94.9 Å². The maximum absolute atomic E-state index is 12.2. The van der Waals surface area contributed by atoms with Gasteiger partial charge in [-0.15, -0.1) is 0 Å². The molecule has 0 bridgehead atoms. The number of hydrogen-bond donors (Lipinski definition) is 8. The van der Waals surface area contributed by atoms with Crippen LogP contribution in [-0.4, -0.2) is 73.7 Å². The number of amides is 8. The van der Waals surface area contributed by atoms with Crippen molar-refractivity contribution in [3.63, 3.8) is 0 Å². The summed E-state index contributed by atoms with van der Waals surface area (Å²) in [6.07, 6.45) is 1.54. The molecule has 0 heterocycles. The molecular weight excluding hydrogens is 1160 g/mol. The molecule has 8 N–H and O–H groups in total. The Bertz CT molecular complexity index is 3760. The number of anilines is 8. The lowest BCUT2D eigenvalue weighted by atomic mass is 10.1. The van der Waals surface area contributed by atoms with Crippen LogP contribution >= 0.6 is 0 Å². The van der Waals surface area contributed by atoms with E-state index in [0.717, 1.165) is 40.7 Å². The molecule has 0 aliphatic carbocycles. The van der Waals surface area contributed by atoms with Crippen molar-refractivity contribution < 1.29 is 57.3 Å². The Morgan fingerprint density at radius 3 is 0.912 bits per heavy atom. The smallest absolute Gasteiger partial charge is 0.314 e. The van der Waals surface area contributed by atoms with Gasteiger partial charge in [-0.05, 0) is 162 Å². The van der Waals surface area contributed by atoms with E-state index in [2.05, 4.69) is 42.5 Å². The average molecular weight is 1240 g/mol. The summed E-state index contributed by atoms with van der Waals surface area (Å²) in [6.45, 7) is 19.0. The van der Waals surface area contributed by atoms with Gasteiger partial charge in [-0.3, -0.25) is 38.4 Å². The third kappa shape index (κ3) is 23.1. The standard InChI is InChI=1S/C19H22N2O3.C18H20N2O3.2C17H18N2O3/c1-4-14-8-6-7-9-15(14)20-18(22)19(23)21-16-12-13(3)10-11-17(16)24-5-2;1-3-13-9-5-6-10-14(13)19-17(21)18(22)20-15-11-7-8-12-16(15)23-4-2;1-3-22-15-11-7-6-10-14(15)19-17(21)16(20)18-13-9-5-4-8-12(13)2;1-3-22-15-7-5-4-6-14(15)19-17(21)16(20)18-13-10-8-12(2)9-11-13/h6-12H,4-5H2,1-3H3,(H,20,22)(H,21,23);5-12H,3-4H2,1-2H3,(H,19,21)(H,20,22);2*4-11H,3H2,1-2H3,(H,18,20)(H,19,21). The fourth-order valence-electron chi connectivity index (χ4n) is 8.27. The molecule has 8 amide bonds. The fraction of sp³-hybridized carbons (Fsp3) is 0.211. The van der Waals surface area contributed by atoms with E-state index in [1.165, 1.54) is 0 Å². The molecule has 20 nitrogen and oxygen atoms in total. The number of para-hydroxylation sites is 9. The zero-order valence-corrected chi connectivity index (χ0v) is 52.5. The van der Waals surface area contributed by atoms with Gasteiger partial charge < -0.3 is 61.5 Å². The second kappa shape index (κ2) is 37.4. The van der Waals surface area contributed by atoms with Gasteiger partial charge >= 0.3 is 47.3 Å². The highest BCUT2D eigenvalue weighted by Crippen LogP contribution is 2.28. The third-order valence-electron chi connectivity index (χ3n) is 12.8. The van der Waals surface area contributed by atoms with E-state index in [1.807, 2.05) is 129 Å². The van der Waals surface area contributed by atoms with Crippen molar-refractivity contribution in [3.8, 4) is 23.0 Å². The van der Waals surface area contributed by atoms with Crippen molar-refractivity contribution in [2.24, 2.45) is 0 Å². The van der Waals surface area contributed by atoms with E-state index in [9.17, 15) is 38.4 Å². The number of benzene rings is 8. The van der Waals surface area contributed by atoms with Crippen molar-refractivity contribution >= 4 is 92.8 Å². The van der Waals surface area contributed by atoms with Crippen molar-refractivity contribution in [3.05, 3.63) is 216 Å². The van der Waals surface area contributed by atoms with Gasteiger partial charge in [-0.1, -0.05) is 129 Å². The Kier molecular flexibility index (Phi) is 29.0. The van der Waals surface area contributed by atoms with E-state index >= 15 is 0 Å². The van der Waals surface area contributed by atoms with Crippen LogP contribution in [0.1, 0.15) is 69.4 Å². The number of aryl methyl sites for hydroxylation is 5. The topological polar surface area (TPSA) is 270 Å². The lowest BCUT2D eigenvalue weighted by Gasteiger charge is -2.13. The van der Waals surface area contributed by atoms with Gasteiger partial charge in [0.1, 0.15) is 23.0 Å². The number of rotatable bonds is 18. The first-order valence-corrected chi connectivity index (χ1v) is 29.6. The van der Waals surface area contributed by atoms with Crippen molar-refractivity contribution in [1.82, 2.24) is 0 Å². The highest BCUT2D eigenvalue weighted by molar-refractivity contribution is 6.45. The molecule has 8 rings (SSSR count). The minimum Gasteiger partial charge on any atom is -0.492 e. The van der Waals surface area contributed by atoms with E-state index in [1.54, 1.807) is 121 Å². The summed E-state index contributed by atoms with van der Waals surface area (Å²) < 4.78 is 21.7. The largest absolute Gasteiger partial charge is 0.492 e. The maximum atomic E-state index is 12.2. The molecule has 474 valence electrons. The van der Waals surface area contributed by atoms with Crippen molar-refractivity contribution in [2.75, 3.05) is 69.0 Å². The molecular formula is C71H78N8O12. The van der Waals surface area contributed by atoms with Gasteiger partial charge in [-0.2, -0.15) is 0 Å². The summed E-state index contributed by atoms with van der Waals surface area (Å²) >= 11 is 0. The summed E-state index contributed by atoms with van der Waals surface area (Å²) in [5.41, 5.74) is 9.25. The average Bonchev–Trinajstić information content (AvgIpc) is 3.76. The Morgan fingerprint density at radius 2 is 0.549 bits per heavy atom. The Labute approximate surface area is 530 Å². The zero-order chi connectivity index (χ0) is 66.1. The fourth-order valence-corrected chi connectivity index (χ4v) is 8.27. The zero-order valence-electron chi connectivity index (χ0n) is 52.5. The molecule has 20 heteroatoms. The lowest BCUT2D eigenvalue weighted by Crippen LogP contribution is -2.29. The van der Waals surface area contributed by atoms with Crippen LogP contribution in [0.25, 0.3) is 0 Å². The van der Waals surface area contributed by atoms with Crippen LogP contribution in [0.2, 0.25) is 0 Å². The Morgan fingerprint density at radius 1 is 0.275 bits per heavy atom. The van der Waals surface area contributed by atoms with Gasteiger partial charge in [0.05, 0.1) is 49.2 Å². The van der Waals surface area contributed by atoms with Gasteiger partial charge in [0.15, 0.2) is 0 Å². The second-order valence-corrected chi connectivity index (χ2v) is 19.6. The normalized spacial score (nSPS) is 9.99. The number of nitrogens with one attached hydrogen (secondary N) is 8. The third-order valence-corrected chi connectivity index (χ3v) is 12.8. The minimum absolute atomic E-state index is 0.466. The van der Waals surface area contributed by atoms with Crippen LogP contribution < -0.4 is 61.5 Å². The van der Waals surface area contributed by atoms with Gasteiger partial charge in [0.25, 0.3) is 0 Å². The molecule has 0 fully saturated rings. The van der Waals surface area contributed by atoms with Crippen LogP contribution in [0.4, 0.5) is 45.5 Å². The Hall–Kier alpha value is -11.3. The molecule has 0 aromatic heterocycles. The first kappa shape index (κ1) is 70.5. The van der Waals surface area contributed by atoms with Crippen LogP contribution in [0.5, 0.6) is 23.0 Å². The van der Waals surface area contributed by atoms with Crippen LogP contribution in [-0.2, 0) is 51.2 Å². The first-order chi connectivity index (χ1) is 43.9. The second-order valence-electron chi connectivity index (χ2n) is 19.6. The van der Waals surface area contributed by atoms with Gasteiger partial charge in [-0.25, -0.2) is 0 Å². The molecule has 0 saturated carbocycles. The SMILES string of the molecule is CCOc1ccc(C)cc1NC(=O)C(=O)Nc1ccccc1CC.CCOc1ccccc1NC(=O)C(=O)Nc1ccc(C)cc1.CCOc1ccccc1NC(=O)C(=O)Nc1ccccc1C.CCOc1ccccc1NC(=O)C(=O)Nc1ccccc1CC. The molecule has 91 heavy (non-hydrogen) atoms. The quantitative estimate of drug-likeness (QED) is 0.0373. The summed E-state index contributed by atoms with van der Waals surface area (Å²) in [5.74, 6) is -3.68. The summed E-state index contributed by atoms with van der Waals surface area (Å²) in [7, 11) is 0. The molecule has 0 aliphatic heterocycles. The Balaban J connectivity index is 0.000000221. The highest BCUT2D eigenvalue weighted by Gasteiger charge is 2.21. The van der Waals surface area contributed by atoms with Crippen molar-refractivity contribution in [2.45, 2.75) is 75.2 Å². The molecule has 0 atom stereocenters. The van der Waals surface area contributed by atoms with Crippen LogP contribution in [0, 0.1) is 20.8 Å². The highest BCUT2D eigenvalue weighted by atomic mass is 16.5. The number of ether oxygens (including phenoxy) is 4. The van der Waals surface area contributed by atoms with Crippen LogP contribution in [0.15, 0.2) is 188 Å². The summed E-state index contributed by atoms with van der Waals surface area (Å²) in [4.78, 5) is 96.4. The van der Waals surface area contributed by atoms with Crippen molar-refractivity contribution in [1.29, 1.82) is 0 Å². The molecule has 0 spiro atoms. The number of carbonyl (C=O) groups is 8. The first-order valence-electron chi connectivity index (χ1n) is 29.6. The van der Waals surface area contributed by atoms with Gasteiger partial charge in [0, 0.05) is 22.7 Å². The molecule has 0 saturated heterocycles. The predicted molar refractivity (Wildman–Crippen MR) is 358 cm³/mol. The number of hydrogen-bond acceptors (Lipinski definition) is 12. The molecule has 0 aliphatic rings. The van der Waals surface area contributed by atoms with E-state index in [4.69, 9.17) is 18.9 Å². The molecule has 0 unspecified atom stereocenters. The maximum Gasteiger partial charge on any atom is 0.314 e. The number of carbonyl (C=O) groups excluding carboxylic acids is 8. The monoisotopic (exact) mass is 1230 g/mol. The molecule has 0 radical (unpaired) electrons. The van der Waals surface area contributed by atoms with E-state index in [-0.39, 0.29) is 0 Å². The predicted octanol–water partition coefficient (Wildman–Crippen LogP) is 12.7. The van der Waals surface area contributed by atoms with Crippen LogP contribution in [0.3, 0.4) is 0 Å². The summed E-state index contributed by atoms with van der Waals surface area (Å²) in [6, 6.07) is 55.7. The molecule has 8 aromatic carbocycles. The summed E-state index contributed by atoms with van der Waals surface area (Å²) in [5, 5.41) is 20.7.